The molecule has 0 amide bonds. The summed E-state index contributed by atoms with van der Waals surface area (Å²) in [5.74, 6) is 0. The summed E-state index contributed by atoms with van der Waals surface area (Å²) in [5.41, 5.74) is 21.9. The van der Waals surface area contributed by atoms with Crippen LogP contribution in [-0.4, -0.2) is 4.98 Å². The van der Waals surface area contributed by atoms with Gasteiger partial charge in [-0.2, -0.15) is 10.5 Å². The fraction of sp³-hybridized carbons (Fsp3) is 0.0408. The SMILES string of the molecule is C/C(=C\C(C#N)=C/N)c1ccc(-c2ccc3c(c2)-c2cc(-c4ccc(-c5cncc(C#N)c5)cc4)ccc2C3(c2ccccc2)c2ccccc2)cc1. The molecule has 7 aromatic rings. The molecule has 1 heterocycles. The standard InChI is InChI=1S/C49H34N4/c1-33(24-34(28-50)29-51)36-12-14-37(15-13-36)40-20-22-47-45(26-40)46-27-41(38-16-18-39(19-17-38)42-25-35(30-52)31-53-32-42)21-23-48(46)49(47,43-8-4-2-5-9-43)44-10-6-3-7-11-44/h2-28,31-32H,50H2,1H3/b33-24+,34-28+. The van der Waals surface area contributed by atoms with Gasteiger partial charge < -0.3 is 5.73 Å². The summed E-state index contributed by atoms with van der Waals surface area (Å²) in [4.78, 5) is 4.25. The Morgan fingerprint density at radius 3 is 1.57 bits per heavy atom. The van der Waals surface area contributed by atoms with Crippen LogP contribution in [0.1, 0.15) is 40.3 Å². The Labute approximate surface area is 310 Å². The number of nitrogens with two attached hydrogens (primary N) is 1. The van der Waals surface area contributed by atoms with E-state index in [9.17, 15) is 10.5 Å². The molecule has 0 aliphatic heterocycles. The highest BCUT2D eigenvalue weighted by atomic mass is 14.6. The first kappa shape index (κ1) is 32.9. The Morgan fingerprint density at radius 1 is 0.585 bits per heavy atom. The number of hydrogen-bond acceptors (Lipinski definition) is 4. The molecule has 0 bridgehead atoms. The molecule has 2 N–H and O–H groups in total. The maximum atomic E-state index is 9.38. The van der Waals surface area contributed by atoms with Gasteiger partial charge in [0.25, 0.3) is 0 Å². The Bertz CT molecular complexity index is 2580. The van der Waals surface area contributed by atoms with Crippen molar-refractivity contribution in [3.05, 3.63) is 215 Å². The number of hydrogen-bond donors (Lipinski definition) is 1. The molecule has 0 fully saturated rings. The minimum absolute atomic E-state index is 0.433. The minimum atomic E-state index is -0.506. The molecule has 4 heteroatoms. The molecule has 0 atom stereocenters. The van der Waals surface area contributed by atoms with Crippen LogP contribution in [0.2, 0.25) is 0 Å². The van der Waals surface area contributed by atoms with Gasteiger partial charge in [0.2, 0.25) is 0 Å². The molecule has 6 aromatic carbocycles. The monoisotopic (exact) mass is 678 g/mol. The summed E-state index contributed by atoms with van der Waals surface area (Å²) >= 11 is 0. The van der Waals surface area contributed by atoms with E-state index in [0.717, 1.165) is 44.5 Å². The van der Waals surface area contributed by atoms with Crippen molar-refractivity contribution in [3.8, 4) is 56.6 Å². The second kappa shape index (κ2) is 13.8. The quantitative estimate of drug-likeness (QED) is 0.134. The Hall–Kier alpha value is -7.27. The van der Waals surface area contributed by atoms with E-state index in [4.69, 9.17) is 5.73 Å². The van der Waals surface area contributed by atoms with Crippen LogP contribution in [0.3, 0.4) is 0 Å². The van der Waals surface area contributed by atoms with Gasteiger partial charge in [0, 0.05) is 24.2 Å². The highest BCUT2D eigenvalue weighted by Gasteiger charge is 2.46. The average molecular weight is 679 g/mol. The van der Waals surface area contributed by atoms with Crippen molar-refractivity contribution in [1.82, 2.24) is 4.98 Å². The first-order valence-electron chi connectivity index (χ1n) is 17.5. The van der Waals surface area contributed by atoms with Crippen LogP contribution >= 0.6 is 0 Å². The van der Waals surface area contributed by atoms with Crippen molar-refractivity contribution < 1.29 is 0 Å². The van der Waals surface area contributed by atoms with E-state index < -0.39 is 5.41 Å². The summed E-state index contributed by atoms with van der Waals surface area (Å²) in [6, 6.07) is 58.6. The molecule has 4 nitrogen and oxygen atoms in total. The van der Waals surface area contributed by atoms with Gasteiger partial charge in [-0.3, -0.25) is 4.98 Å². The fourth-order valence-corrected chi connectivity index (χ4v) is 7.73. The second-order valence-corrected chi connectivity index (χ2v) is 13.3. The fourth-order valence-electron chi connectivity index (χ4n) is 7.73. The number of pyridine rings is 1. The smallest absolute Gasteiger partial charge is 0.101 e. The van der Waals surface area contributed by atoms with E-state index in [0.29, 0.717) is 11.1 Å². The van der Waals surface area contributed by atoms with E-state index in [1.54, 1.807) is 12.4 Å². The molecule has 0 radical (unpaired) electrons. The number of rotatable bonds is 7. The lowest BCUT2D eigenvalue weighted by atomic mass is 9.67. The maximum absolute atomic E-state index is 9.38. The van der Waals surface area contributed by atoms with Crippen LogP contribution in [-0.2, 0) is 5.41 Å². The zero-order valence-corrected chi connectivity index (χ0v) is 29.2. The lowest BCUT2D eigenvalue weighted by Crippen LogP contribution is -2.28. The first-order chi connectivity index (χ1) is 26.0. The summed E-state index contributed by atoms with van der Waals surface area (Å²) in [6.07, 6.45) is 6.52. The minimum Gasteiger partial charge on any atom is -0.404 e. The van der Waals surface area contributed by atoms with Crippen molar-refractivity contribution in [2.24, 2.45) is 5.73 Å². The molecule has 0 spiro atoms. The second-order valence-electron chi connectivity index (χ2n) is 13.3. The lowest BCUT2D eigenvalue weighted by molar-refractivity contribution is 0.768. The number of aromatic nitrogens is 1. The highest BCUT2D eigenvalue weighted by molar-refractivity contribution is 5.91. The predicted molar refractivity (Wildman–Crippen MR) is 214 cm³/mol. The Kier molecular flexibility index (Phi) is 8.57. The van der Waals surface area contributed by atoms with Crippen molar-refractivity contribution in [2.45, 2.75) is 12.3 Å². The number of fused-ring (bicyclic) bond motifs is 3. The van der Waals surface area contributed by atoms with E-state index in [1.807, 2.05) is 19.1 Å². The van der Waals surface area contributed by atoms with Gasteiger partial charge in [-0.05, 0) is 104 Å². The molecule has 0 saturated carbocycles. The highest BCUT2D eigenvalue weighted by Crippen LogP contribution is 2.57. The van der Waals surface area contributed by atoms with Crippen molar-refractivity contribution in [1.29, 1.82) is 10.5 Å². The molecule has 0 unspecified atom stereocenters. The topological polar surface area (TPSA) is 86.5 Å². The Balaban J connectivity index is 1.28. The third-order valence-corrected chi connectivity index (χ3v) is 10.3. The van der Waals surface area contributed by atoms with Crippen molar-refractivity contribution >= 4 is 5.57 Å². The maximum Gasteiger partial charge on any atom is 0.101 e. The normalized spacial score (nSPS) is 13.0. The van der Waals surface area contributed by atoms with Gasteiger partial charge >= 0.3 is 0 Å². The molecule has 250 valence electrons. The van der Waals surface area contributed by atoms with E-state index in [1.165, 1.54) is 39.6 Å². The van der Waals surface area contributed by atoms with Gasteiger partial charge in [0.05, 0.1) is 16.6 Å². The largest absolute Gasteiger partial charge is 0.404 e. The molecular weight excluding hydrogens is 645 g/mol. The summed E-state index contributed by atoms with van der Waals surface area (Å²) in [7, 11) is 0. The van der Waals surface area contributed by atoms with Crippen molar-refractivity contribution in [3.63, 3.8) is 0 Å². The summed E-state index contributed by atoms with van der Waals surface area (Å²) < 4.78 is 0. The van der Waals surface area contributed by atoms with Gasteiger partial charge in [0.1, 0.15) is 12.1 Å². The number of nitrogens with zero attached hydrogens (tertiary/aromatic N) is 3. The number of benzene rings is 6. The van der Waals surface area contributed by atoms with Crippen LogP contribution in [0, 0.1) is 22.7 Å². The lowest BCUT2D eigenvalue weighted by Gasteiger charge is -2.34. The molecule has 8 rings (SSSR count). The van der Waals surface area contributed by atoms with Crippen LogP contribution in [0.25, 0.3) is 50.1 Å². The molecular formula is C49H34N4. The number of allylic oxidation sites excluding steroid dienone is 3. The predicted octanol–water partition coefficient (Wildman–Crippen LogP) is 11.1. The van der Waals surface area contributed by atoms with Crippen LogP contribution in [0.15, 0.2) is 182 Å². The van der Waals surface area contributed by atoms with Crippen molar-refractivity contribution in [2.75, 3.05) is 0 Å². The third kappa shape index (κ3) is 5.79. The number of nitriles is 2. The zero-order chi connectivity index (χ0) is 36.4. The van der Waals surface area contributed by atoms with Gasteiger partial charge in [-0.25, -0.2) is 0 Å². The van der Waals surface area contributed by atoms with E-state index in [-0.39, 0.29) is 0 Å². The zero-order valence-electron chi connectivity index (χ0n) is 29.2. The molecule has 1 aromatic heterocycles. The molecule has 1 aliphatic carbocycles. The first-order valence-corrected chi connectivity index (χ1v) is 17.5. The molecule has 53 heavy (non-hydrogen) atoms. The van der Waals surface area contributed by atoms with Crippen LogP contribution in [0.5, 0.6) is 0 Å². The van der Waals surface area contributed by atoms with Gasteiger partial charge in [-0.1, -0.05) is 133 Å². The van der Waals surface area contributed by atoms with Gasteiger partial charge in [0.15, 0.2) is 0 Å². The van der Waals surface area contributed by atoms with Crippen LogP contribution in [0.4, 0.5) is 0 Å². The van der Waals surface area contributed by atoms with E-state index >= 15 is 0 Å². The average Bonchev–Trinajstić information content (AvgIpc) is 3.53. The third-order valence-electron chi connectivity index (χ3n) is 10.3. The van der Waals surface area contributed by atoms with Crippen LogP contribution < -0.4 is 5.73 Å². The van der Waals surface area contributed by atoms with Gasteiger partial charge in [-0.15, -0.1) is 0 Å². The van der Waals surface area contributed by atoms with E-state index in [2.05, 4.69) is 163 Å². The molecule has 1 aliphatic rings. The molecule has 0 saturated heterocycles. The summed E-state index contributed by atoms with van der Waals surface area (Å²) in [6.45, 7) is 1.99. The Morgan fingerprint density at radius 2 is 1.08 bits per heavy atom. The summed E-state index contributed by atoms with van der Waals surface area (Å²) in [5, 5.41) is 18.7.